The molecular weight excluding hydrogens is 304 g/mol. The minimum absolute atomic E-state index is 0.0371. The van der Waals surface area contributed by atoms with Crippen LogP contribution in [0.3, 0.4) is 0 Å². The van der Waals surface area contributed by atoms with Crippen LogP contribution in [0.2, 0.25) is 0 Å². The molecule has 0 spiro atoms. The predicted octanol–water partition coefficient (Wildman–Crippen LogP) is 2.25. The molecule has 0 radical (unpaired) electrons. The maximum Gasteiger partial charge on any atom is 0.0858 e. The van der Waals surface area contributed by atoms with Crippen LogP contribution in [0, 0.1) is 28.1 Å². The summed E-state index contributed by atoms with van der Waals surface area (Å²) >= 11 is 0. The third kappa shape index (κ3) is 2.66. The standard InChI is InChI=1S/C20H34O4/c1-18(17(24)11-21)6-7-20(3)13(9-18)4-5-15-16(20)8-14(23)10-19(15,2)12-22/h9,14-17,21-24H,4-8,10-12H2,1-3H3. The second kappa shape index (κ2) is 6.08. The molecule has 4 N–H and O–H groups in total. The van der Waals surface area contributed by atoms with E-state index in [1.165, 1.54) is 5.57 Å². The first-order valence-corrected chi connectivity index (χ1v) is 9.48. The summed E-state index contributed by atoms with van der Waals surface area (Å²) in [5.41, 5.74) is 0.876. The molecule has 0 amide bonds. The fourth-order valence-electron chi connectivity index (χ4n) is 6.04. The van der Waals surface area contributed by atoms with E-state index in [-0.39, 0.29) is 35.6 Å². The van der Waals surface area contributed by atoms with Gasteiger partial charge < -0.3 is 20.4 Å². The molecule has 2 saturated carbocycles. The summed E-state index contributed by atoms with van der Waals surface area (Å²) in [6.45, 7) is 6.43. The first-order valence-electron chi connectivity index (χ1n) is 9.48. The van der Waals surface area contributed by atoms with Gasteiger partial charge in [0.05, 0.1) is 18.8 Å². The second-order valence-corrected chi connectivity index (χ2v) is 9.45. The van der Waals surface area contributed by atoms with E-state index in [4.69, 9.17) is 0 Å². The zero-order valence-corrected chi connectivity index (χ0v) is 15.3. The Balaban J connectivity index is 1.96. The molecule has 0 aromatic heterocycles. The fraction of sp³-hybridized carbons (Fsp3) is 0.900. The number of fused-ring (bicyclic) bond motifs is 3. The van der Waals surface area contributed by atoms with E-state index >= 15 is 0 Å². The van der Waals surface area contributed by atoms with Crippen LogP contribution in [0.1, 0.15) is 59.3 Å². The van der Waals surface area contributed by atoms with Crippen LogP contribution in [0.15, 0.2) is 11.6 Å². The average molecular weight is 338 g/mol. The fourth-order valence-corrected chi connectivity index (χ4v) is 6.04. The smallest absolute Gasteiger partial charge is 0.0858 e. The molecule has 2 fully saturated rings. The van der Waals surface area contributed by atoms with Gasteiger partial charge in [-0.05, 0) is 61.2 Å². The largest absolute Gasteiger partial charge is 0.396 e. The SMILES string of the molecule is CC1(C(O)CO)C=C2CCC3C(CC(O)CC3(C)CO)C2(C)CC1. The zero-order chi connectivity index (χ0) is 17.8. The normalized spacial score (nSPS) is 49.8. The monoisotopic (exact) mass is 338 g/mol. The molecule has 7 unspecified atom stereocenters. The molecular formula is C20H34O4. The van der Waals surface area contributed by atoms with Gasteiger partial charge in [0.25, 0.3) is 0 Å². The number of aliphatic hydroxyl groups excluding tert-OH is 4. The van der Waals surface area contributed by atoms with E-state index in [0.29, 0.717) is 18.3 Å². The van der Waals surface area contributed by atoms with Gasteiger partial charge >= 0.3 is 0 Å². The molecule has 3 rings (SSSR count). The molecule has 0 heterocycles. The lowest BCUT2D eigenvalue weighted by Gasteiger charge is -2.59. The Morgan fingerprint density at radius 2 is 1.88 bits per heavy atom. The van der Waals surface area contributed by atoms with Gasteiger partial charge in [0.1, 0.15) is 0 Å². The van der Waals surface area contributed by atoms with Crippen molar-refractivity contribution >= 4 is 0 Å². The highest BCUT2D eigenvalue weighted by atomic mass is 16.3. The van der Waals surface area contributed by atoms with Crippen molar-refractivity contribution in [2.75, 3.05) is 13.2 Å². The van der Waals surface area contributed by atoms with E-state index in [2.05, 4.69) is 19.9 Å². The first-order chi connectivity index (χ1) is 11.2. The van der Waals surface area contributed by atoms with Gasteiger partial charge in [-0.1, -0.05) is 32.4 Å². The number of hydrogen-bond acceptors (Lipinski definition) is 4. The maximum absolute atomic E-state index is 10.4. The number of hydrogen-bond donors (Lipinski definition) is 4. The summed E-state index contributed by atoms with van der Waals surface area (Å²) in [5.74, 6) is 0.828. The van der Waals surface area contributed by atoms with Crippen molar-refractivity contribution in [2.45, 2.75) is 71.5 Å². The number of aliphatic hydroxyl groups is 4. The molecule has 0 saturated heterocycles. The van der Waals surface area contributed by atoms with Crippen LogP contribution < -0.4 is 0 Å². The Bertz CT molecular complexity index is 518. The Labute approximate surface area is 145 Å². The molecule has 138 valence electrons. The van der Waals surface area contributed by atoms with Gasteiger partial charge in [0.2, 0.25) is 0 Å². The first kappa shape index (κ1) is 18.4. The van der Waals surface area contributed by atoms with Crippen molar-refractivity contribution in [3.8, 4) is 0 Å². The van der Waals surface area contributed by atoms with Crippen molar-refractivity contribution in [1.82, 2.24) is 0 Å². The summed E-state index contributed by atoms with van der Waals surface area (Å²) < 4.78 is 0. The maximum atomic E-state index is 10.4. The summed E-state index contributed by atoms with van der Waals surface area (Å²) in [6, 6.07) is 0. The van der Waals surface area contributed by atoms with Crippen molar-refractivity contribution in [2.24, 2.45) is 28.1 Å². The summed E-state index contributed by atoms with van der Waals surface area (Å²) in [6.07, 6.45) is 6.55. The number of allylic oxidation sites excluding steroid dienone is 1. The molecule has 0 bridgehead atoms. The quantitative estimate of drug-likeness (QED) is 0.595. The molecule has 7 atom stereocenters. The van der Waals surface area contributed by atoms with Crippen LogP contribution in [0.25, 0.3) is 0 Å². The minimum Gasteiger partial charge on any atom is -0.396 e. The van der Waals surface area contributed by atoms with Crippen molar-refractivity contribution < 1.29 is 20.4 Å². The van der Waals surface area contributed by atoms with Crippen molar-refractivity contribution in [1.29, 1.82) is 0 Å². The zero-order valence-electron chi connectivity index (χ0n) is 15.3. The lowest BCUT2D eigenvalue weighted by molar-refractivity contribution is -0.108. The highest BCUT2D eigenvalue weighted by Crippen LogP contribution is 2.63. The number of rotatable bonds is 3. The topological polar surface area (TPSA) is 80.9 Å². The Hall–Kier alpha value is -0.420. The van der Waals surface area contributed by atoms with Gasteiger partial charge in [-0.3, -0.25) is 0 Å². The van der Waals surface area contributed by atoms with E-state index in [9.17, 15) is 20.4 Å². The second-order valence-electron chi connectivity index (χ2n) is 9.45. The Morgan fingerprint density at radius 3 is 2.50 bits per heavy atom. The molecule has 4 nitrogen and oxygen atoms in total. The predicted molar refractivity (Wildman–Crippen MR) is 93.3 cm³/mol. The Morgan fingerprint density at radius 1 is 1.17 bits per heavy atom. The van der Waals surface area contributed by atoms with Crippen LogP contribution in [0.4, 0.5) is 0 Å². The highest BCUT2D eigenvalue weighted by Gasteiger charge is 2.56. The lowest BCUT2D eigenvalue weighted by atomic mass is 9.46. The summed E-state index contributed by atoms with van der Waals surface area (Å²) in [5, 5.41) is 40.1. The summed E-state index contributed by atoms with van der Waals surface area (Å²) in [4.78, 5) is 0. The van der Waals surface area contributed by atoms with Crippen molar-refractivity contribution in [3.63, 3.8) is 0 Å². The molecule has 24 heavy (non-hydrogen) atoms. The average Bonchev–Trinajstić information content (AvgIpc) is 2.55. The van der Waals surface area contributed by atoms with Gasteiger partial charge in [-0.2, -0.15) is 0 Å². The van der Waals surface area contributed by atoms with Crippen LogP contribution in [-0.4, -0.2) is 45.8 Å². The molecule has 3 aliphatic carbocycles. The molecule has 0 aromatic rings. The lowest BCUT2D eigenvalue weighted by Crippen LogP contribution is -2.54. The van der Waals surface area contributed by atoms with E-state index in [1.807, 2.05) is 6.92 Å². The third-order valence-electron chi connectivity index (χ3n) is 7.87. The van der Waals surface area contributed by atoms with E-state index < -0.39 is 6.10 Å². The van der Waals surface area contributed by atoms with Gasteiger partial charge in [0, 0.05) is 12.0 Å². The van der Waals surface area contributed by atoms with Crippen LogP contribution in [-0.2, 0) is 0 Å². The van der Waals surface area contributed by atoms with Gasteiger partial charge in [0.15, 0.2) is 0 Å². The molecule has 0 aromatic carbocycles. The highest BCUT2D eigenvalue weighted by molar-refractivity contribution is 5.27. The summed E-state index contributed by atoms with van der Waals surface area (Å²) in [7, 11) is 0. The van der Waals surface area contributed by atoms with Crippen LogP contribution in [0.5, 0.6) is 0 Å². The minimum atomic E-state index is -0.716. The Kier molecular flexibility index (Phi) is 4.66. The third-order valence-corrected chi connectivity index (χ3v) is 7.87. The van der Waals surface area contributed by atoms with Crippen LogP contribution >= 0.6 is 0 Å². The van der Waals surface area contributed by atoms with Gasteiger partial charge in [-0.25, -0.2) is 0 Å². The molecule has 4 heteroatoms. The molecule has 3 aliphatic rings. The molecule has 0 aliphatic heterocycles. The van der Waals surface area contributed by atoms with Gasteiger partial charge in [-0.15, -0.1) is 0 Å². The van der Waals surface area contributed by atoms with E-state index in [0.717, 1.165) is 32.1 Å². The van der Waals surface area contributed by atoms with Crippen molar-refractivity contribution in [3.05, 3.63) is 11.6 Å². The van der Waals surface area contributed by atoms with E-state index in [1.54, 1.807) is 0 Å².